The molecule has 0 bridgehead atoms. The molecule has 0 radical (unpaired) electrons. The van der Waals surface area contributed by atoms with Crippen molar-refractivity contribution in [2.45, 2.75) is 19.8 Å². The monoisotopic (exact) mass is 334 g/mol. The average molecular weight is 334 g/mol. The molecule has 3 aromatic rings. The predicted octanol–water partition coefficient (Wildman–Crippen LogP) is 4.25. The van der Waals surface area contributed by atoms with Crippen LogP contribution in [-0.4, -0.2) is 28.3 Å². The lowest BCUT2D eigenvalue weighted by Crippen LogP contribution is -2.21. The normalized spacial score (nSPS) is 14.1. The molecule has 0 amide bonds. The van der Waals surface area contributed by atoms with Crippen molar-refractivity contribution in [1.82, 2.24) is 15.2 Å². The average Bonchev–Trinajstić information content (AvgIpc) is 3.17. The number of benzene rings is 2. The molecule has 25 heavy (non-hydrogen) atoms. The minimum absolute atomic E-state index is 0.271. The summed E-state index contributed by atoms with van der Waals surface area (Å²) in [5.41, 5.74) is 3.78. The largest absolute Gasteiger partial charge is 0.355 e. The molecular formula is C20H19FN4. The fraction of sp³-hybridized carbons (Fsp3) is 0.250. The van der Waals surface area contributed by atoms with Crippen molar-refractivity contribution in [3.05, 3.63) is 59.9 Å². The Labute approximate surface area is 146 Å². The standard InChI is InChI=1S/C20H19FN4/c1-14-4-6-15(7-5-14)18-20(25-12-2-3-13-25)22-19(24-23-18)16-8-10-17(21)11-9-16/h4-11H,2-3,12-13H2,1H3. The second-order valence-electron chi connectivity index (χ2n) is 6.37. The van der Waals surface area contributed by atoms with Crippen molar-refractivity contribution >= 4 is 5.82 Å². The summed E-state index contributed by atoms with van der Waals surface area (Å²) in [6.45, 7) is 4.01. The minimum Gasteiger partial charge on any atom is -0.355 e. The van der Waals surface area contributed by atoms with Crippen molar-refractivity contribution in [3.63, 3.8) is 0 Å². The van der Waals surface area contributed by atoms with Gasteiger partial charge in [0.15, 0.2) is 11.6 Å². The van der Waals surface area contributed by atoms with Crippen molar-refractivity contribution in [2.24, 2.45) is 0 Å². The zero-order chi connectivity index (χ0) is 17.2. The first kappa shape index (κ1) is 15.7. The molecule has 4 rings (SSSR count). The maximum atomic E-state index is 13.2. The summed E-state index contributed by atoms with van der Waals surface area (Å²) in [6, 6.07) is 14.5. The summed E-state index contributed by atoms with van der Waals surface area (Å²) in [5.74, 6) is 1.11. The summed E-state index contributed by atoms with van der Waals surface area (Å²) in [6.07, 6.45) is 2.31. The summed E-state index contributed by atoms with van der Waals surface area (Å²) >= 11 is 0. The molecule has 1 aromatic heterocycles. The Morgan fingerprint density at radius 2 is 1.48 bits per heavy atom. The Balaban J connectivity index is 1.81. The molecule has 2 aromatic carbocycles. The Morgan fingerprint density at radius 1 is 0.840 bits per heavy atom. The highest BCUT2D eigenvalue weighted by atomic mass is 19.1. The zero-order valence-electron chi connectivity index (χ0n) is 14.1. The molecule has 2 heterocycles. The predicted molar refractivity (Wildman–Crippen MR) is 96.8 cm³/mol. The van der Waals surface area contributed by atoms with E-state index in [1.54, 1.807) is 12.1 Å². The van der Waals surface area contributed by atoms with Crippen molar-refractivity contribution in [2.75, 3.05) is 18.0 Å². The molecule has 0 saturated carbocycles. The Bertz CT molecular complexity index is 869. The topological polar surface area (TPSA) is 41.9 Å². The molecule has 0 unspecified atom stereocenters. The lowest BCUT2D eigenvalue weighted by atomic mass is 10.1. The van der Waals surface area contributed by atoms with Crippen LogP contribution in [0.2, 0.25) is 0 Å². The van der Waals surface area contributed by atoms with Gasteiger partial charge in [0.25, 0.3) is 0 Å². The van der Waals surface area contributed by atoms with Crippen LogP contribution in [0.3, 0.4) is 0 Å². The Kier molecular flexibility index (Phi) is 4.14. The van der Waals surface area contributed by atoms with E-state index in [0.717, 1.165) is 48.6 Å². The number of aryl methyl sites for hydroxylation is 1. The third-order valence-electron chi connectivity index (χ3n) is 4.50. The first-order valence-corrected chi connectivity index (χ1v) is 8.53. The van der Waals surface area contributed by atoms with Crippen molar-refractivity contribution in [3.8, 4) is 22.6 Å². The van der Waals surface area contributed by atoms with Gasteiger partial charge in [-0.15, -0.1) is 10.2 Å². The summed E-state index contributed by atoms with van der Waals surface area (Å²) in [7, 11) is 0. The number of halogens is 1. The molecule has 4 nitrogen and oxygen atoms in total. The van der Waals surface area contributed by atoms with Gasteiger partial charge in [-0.1, -0.05) is 29.8 Å². The van der Waals surface area contributed by atoms with Gasteiger partial charge in [0, 0.05) is 24.2 Å². The minimum atomic E-state index is -0.271. The van der Waals surface area contributed by atoms with Crippen LogP contribution < -0.4 is 4.90 Å². The second-order valence-corrected chi connectivity index (χ2v) is 6.37. The van der Waals surface area contributed by atoms with Crippen LogP contribution in [0, 0.1) is 12.7 Å². The van der Waals surface area contributed by atoms with Gasteiger partial charge >= 0.3 is 0 Å². The highest BCUT2D eigenvalue weighted by Crippen LogP contribution is 2.31. The van der Waals surface area contributed by atoms with E-state index in [0.29, 0.717) is 5.82 Å². The number of hydrogen-bond acceptors (Lipinski definition) is 4. The highest BCUT2D eigenvalue weighted by molar-refractivity contribution is 5.73. The van der Waals surface area contributed by atoms with E-state index in [2.05, 4.69) is 46.3 Å². The van der Waals surface area contributed by atoms with E-state index < -0.39 is 0 Å². The van der Waals surface area contributed by atoms with E-state index in [1.807, 2.05) is 0 Å². The molecule has 0 spiro atoms. The van der Waals surface area contributed by atoms with Gasteiger partial charge in [-0.25, -0.2) is 9.37 Å². The van der Waals surface area contributed by atoms with Gasteiger partial charge in [0.2, 0.25) is 0 Å². The maximum absolute atomic E-state index is 13.2. The van der Waals surface area contributed by atoms with Gasteiger partial charge in [-0.05, 0) is 44.0 Å². The van der Waals surface area contributed by atoms with Crippen molar-refractivity contribution < 1.29 is 4.39 Å². The number of rotatable bonds is 3. The highest BCUT2D eigenvalue weighted by Gasteiger charge is 2.21. The SMILES string of the molecule is Cc1ccc(-c2nnc(-c3ccc(F)cc3)nc2N2CCCC2)cc1. The van der Waals surface area contributed by atoms with Crippen LogP contribution >= 0.6 is 0 Å². The zero-order valence-corrected chi connectivity index (χ0v) is 14.1. The molecule has 5 heteroatoms. The number of hydrogen-bond donors (Lipinski definition) is 0. The molecular weight excluding hydrogens is 315 g/mol. The summed E-state index contributed by atoms with van der Waals surface area (Å²) in [5, 5.41) is 8.77. The molecule has 1 aliphatic rings. The molecule has 1 saturated heterocycles. The summed E-state index contributed by atoms with van der Waals surface area (Å²) < 4.78 is 13.2. The van der Waals surface area contributed by atoms with Gasteiger partial charge in [0.05, 0.1) is 0 Å². The molecule has 1 aliphatic heterocycles. The van der Waals surface area contributed by atoms with Crippen LogP contribution in [-0.2, 0) is 0 Å². The molecule has 0 atom stereocenters. The fourth-order valence-corrected chi connectivity index (χ4v) is 3.09. The van der Waals surface area contributed by atoms with E-state index in [-0.39, 0.29) is 5.82 Å². The molecule has 0 aliphatic carbocycles. The van der Waals surface area contributed by atoms with E-state index in [4.69, 9.17) is 4.98 Å². The van der Waals surface area contributed by atoms with Gasteiger partial charge < -0.3 is 4.90 Å². The fourth-order valence-electron chi connectivity index (χ4n) is 3.09. The second kappa shape index (κ2) is 6.59. The van der Waals surface area contributed by atoms with Crippen LogP contribution in [0.4, 0.5) is 10.2 Å². The lowest BCUT2D eigenvalue weighted by molar-refractivity contribution is 0.628. The Morgan fingerprint density at radius 3 is 2.16 bits per heavy atom. The number of anilines is 1. The molecule has 1 fully saturated rings. The molecule has 126 valence electrons. The van der Waals surface area contributed by atoms with E-state index in [9.17, 15) is 4.39 Å². The first-order valence-electron chi connectivity index (χ1n) is 8.53. The quantitative estimate of drug-likeness (QED) is 0.718. The first-order chi connectivity index (χ1) is 12.2. The maximum Gasteiger partial charge on any atom is 0.183 e. The summed E-state index contributed by atoms with van der Waals surface area (Å²) in [4.78, 5) is 7.04. The van der Waals surface area contributed by atoms with Crippen LogP contribution in [0.15, 0.2) is 48.5 Å². The van der Waals surface area contributed by atoms with Crippen LogP contribution in [0.25, 0.3) is 22.6 Å². The third kappa shape index (κ3) is 3.22. The van der Waals surface area contributed by atoms with Crippen LogP contribution in [0.1, 0.15) is 18.4 Å². The smallest absolute Gasteiger partial charge is 0.183 e. The van der Waals surface area contributed by atoms with Gasteiger partial charge in [0.1, 0.15) is 11.5 Å². The number of nitrogens with zero attached hydrogens (tertiary/aromatic N) is 4. The third-order valence-corrected chi connectivity index (χ3v) is 4.50. The van der Waals surface area contributed by atoms with Crippen LogP contribution in [0.5, 0.6) is 0 Å². The number of aromatic nitrogens is 3. The van der Waals surface area contributed by atoms with Crippen molar-refractivity contribution in [1.29, 1.82) is 0 Å². The van der Waals surface area contributed by atoms with E-state index in [1.165, 1.54) is 17.7 Å². The molecule has 0 N–H and O–H groups in total. The Hall–Kier alpha value is -2.82. The van der Waals surface area contributed by atoms with Gasteiger partial charge in [-0.3, -0.25) is 0 Å². The van der Waals surface area contributed by atoms with E-state index >= 15 is 0 Å². The van der Waals surface area contributed by atoms with Gasteiger partial charge in [-0.2, -0.15) is 0 Å². The lowest BCUT2D eigenvalue weighted by Gasteiger charge is -2.19.